The summed E-state index contributed by atoms with van der Waals surface area (Å²) >= 11 is 1.12. The molecule has 104 valence electrons. The first kappa shape index (κ1) is 13.3. The van der Waals surface area contributed by atoms with Crippen LogP contribution in [0.15, 0.2) is 40.6 Å². The third kappa shape index (κ3) is 2.50. The largest absolute Gasteiger partial charge is 0.505 e. The zero-order chi connectivity index (χ0) is 14.8. The average Bonchev–Trinajstić information content (AvgIpc) is 2.91. The summed E-state index contributed by atoms with van der Waals surface area (Å²) in [6.45, 7) is 1.76. The molecule has 0 spiro atoms. The van der Waals surface area contributed by atoms with E-state index in [2.05, 4.69) is 19.6 Å². The molecule has 6 nitrogen and oxygen atoms in total. The highest BCUT2D eigenvalue weighted by molar-refractivity contribution is 7.09. The number of carbonyl (C=O) groups is 1. The van der Waals surface area contributed by atoms with Crippen molar-refractivity contribution < 1.29 is 9.90 Å². The summed E-state index contributed by atoms with van der Waals surface area (Å²) in [5.41, 5.74) is 0.430. The van der Waals surface area contributed by atoms with E-state index in [9.17, 15) is 9.90 Å². The Balaban J connectivity index is 2.18. The molecule has 1 aromatic heterocycles. The highest BCUT2D eigenvalue weighted by Crippen LogP contribution is 2.38. The highest BCUT2D eigenvalue weighted by Gasteiger charge is 2.12. The molecule has 0 radical (unpaired) electrons. The molecule has 21 heavy (non-hydrogen) atoms. The van der Waals surface area contributed by atoms with Crippen molar-refractivity contribution in [1.29, 1.82) is 0 Å². The van der Waals surface area contributed by atoms with Crippen LogP contribution in [0.5, 0.6) is 5.75 Å². The van der Waals surface area contributed by atoms with Gasteiger partial charge in [-0.1, -0.05) is 24.3 Å². The van der Waals surface area contributed by atoms with Crippen molar-refractivity contribution in [3.8, 4) is 5.75 Å². The van der Waals surface area contributed by atoms with E-state index >= 15 is 0 Å². The van der Waals surface area contributed by atoms with Gasteiger partial charge in [-0.05, 0) is 18.4 Å². The van der Waals surface area contributed by atoms with Crippen LogP contribution in [0, 0.1) is 6.92 Å². The van der Waals surface area contributed by atoms with Gasteiger partial charge in [0.05, 0.1) is 5.56 Å². The number of rotatable bonds is 3. The zero-order valence-electron chi connectivity index (χ0n) is 11.0. The van der Waals surface area contributed by atoms with E-state index in [0.717, 1.165) is 16.9 Å². The molecular weight excluding hydrogens is 288 g/mol. The first-order chi connectivity index (χ1) is 10.2. The minimum Gasteiger partial charge on any atom is -0.505 e. The maximum absolute atomic E-state index is 11.0. The highest BCUT2D eigenvalue weighted by atomic mass is 32.1. The number of benzene rings is 2. The monoisotopic (exact) mass is 298 g/mol. The second-order valence-corrected chi connectivity index (χ2v) is 5.06. The summed E-state index contributed by atoms with van der Waals surface area (Å²) in [6, 6.07) is 8.95. The number of nitrogens with zero attached hydrogens (tertiary/aromatic N) is 4. The van der Waals surface area contributed by atoms with Gasteiger partial charge in [0.1, 0.15) is 11.5 Å². The van der Waals surface area contributed by atoms with E-state index in [1.165, 1.54) is 0 Å². The van der Waals surface area contributed by atoms with E-state index in [1.54, 1.807) is 13.0 Å². The summed E-state index contributed by atoms with van der Waals surface area (Å²) in [7, 11) is 0. The standard InChI is InChI=1S/C14H10N4O2S/c1-8-15-14(21-18-8)17-16-12-11-5-3-2-4-9(11)6-10(7-19)13(12)20/h2-7,20H,1H3. The lowest BCUT2D eigenvalue weighted by Gasteiger charge is -2.06. The first-order valence-corrected chi connectivity index (χ1v) is 6.88. The fourth-order valence-corrected chi connectivity index (χ4v) is 2.45. The maximum atomic E-state index is 11.0. The van der Waals surface area contributed by atoms with Crippen LogP contribution < -0.4 is 0 Å². The first-order valence-electron chi connectivity index (χ1n) is 6.11. The van der Waals surface area contributed by atoms with Crippen molar-refractivity contribution in [3.05, 3.63) is 41.7 Å². The van der Waals surface area contributed by atoms with Crippen molar-refractivity contribution in [1.82, 2.24) is 9.36 Å². The number of phenols is 1. The van der Waals surface area contributed by atoms with Gasteiger partial charge in [0, 0.05) is 16.9 Å². The van der Waals surface area contributed by atoms with Gasteiger partial charge >= 0.3 is 0 Å². The quantitative estimate of drug-likeness (QED) is 0.586. The summed E-state index contributed by atoms with van der Waals surface area (Å²) in [5.74, 6) is 0.429. The van der Waals surface area contributed by atoms with Gasteiger partial charge in [-0.25, -0.2) is 4.98 Å². The van der Waals surface area contributed by atoms with Gasteiger partial charge in [0.15, 0.2) is 12.0 Å². The van der Waals surface area contributed by atoms with Crippen molar-refractivity contribution in [3.63, 3.8) is 0 Å². The van der Waals surface area contributed by atoms with Gasteiger partial charge < -0.3 is 5.11 Å². The van der Waals surface area contributed by atoms with Crippen LogP contribution in [0.2, 0.25) is 0 Å². The van der Waals surface area contributed by atoms with Crippen LogP contribution in [0.4, 0.5) is 10.8 Å². The molecule has 0 fully saturated rings. The lowest BCUT2D eigenvalue weighted by molar-refractivity contribution is 0.112. The number of phenolic OH excluding ortho intramolecular Hbond substituents is 1. The minimum atomic E-state index is -0.186. The van der Waals surface area contributed by atoms with Crippen molar-refractivity contribution in [2.75, 3.05) is 0 Å². The Labute approximate surface area is 124 Å². The molecule has 0 saturated carbocycles. The maximum Gasteiger partial charge on any atom is 0.249 e. The Morgan fingerprint density at radius 3 is 2.81 bits per heavy atom. The molecule has 0 bridgehead atoms. The minimum absolute atomic E-state index is 0.177. The lowest BCUT2D eigenvalue weighted by atomic mass is 10.0. The molecule has 0 saturated heterocycles. The van der Waals surface area contributed by atoms with Crippen LogP contribution in [0.1, 0.15) is 16.2 Å². The van der Waals surface area contributed by atoms with Crippen molar-refractivity contribution >= 4 is 39.4 Å². The molecule has 0 aliphatic carbocycles. The van der Waals surface area contributed by atoms with Gasteiger partial charge in [-0.3, -0.25) is 4.79 Å². The molecule has 0 aliphatic rings. The number of aryl methyl sites for hydroxylation is 1. The number of hydrogen-bond donors (Lipinski definition) is 1. The van der Waals surface area contributed by atoms with Gasteiger partial charge in [0.2, 0.25) is 5.13 Å². The van der Waals surface area contributed by atoms with E-state index in [4.69, 9.17) is 0 Å². The molecule has 0 aliphatic heterocycles. The van der Waals surface area contributed by atoms with E-state index in [1.807, 2.05) is 24.3 Å². The summed E-state index contributed by atoms with van der Waals surface area (Å²) in [5, 5.41) is 20.1. The van der Waals surface area contributed by atoms with Crippen LogP contribution in [-0.4, -0.2) is 20.8 Å². The van der Waals surface area contributed by atoms with Crippen LogP contribution in [0.3, 0.4) is 0 Å². The number of azo groups is 1. The summed E-state index contributed by atoms with van der Waals surface area (Å²) < 4.78 is 4.01. The average molecular weight is 298 g/mol. The molecule has 0 amide bonds. The number of aromatic nitrogens is 2. The fourth-order valence-electron chi connectivity index (χ4n) is 1.95. The molecule has 2 aromatic carbocycles. The number of hydrogen-bond acceptors (Lipinski definition) is 7. The Hall–Kier alpha value is -2.67. The fraction of sp³-hybridized carbons (Fsp3) is 0.0714. The Bertz CT molecular complexity index is 857. The smallest absolute Gasteiger partial charge is 0.249 e. The lowest BCUT2D eigenvalue weighted by Crippen LogP contribution is -1.84. The van der Waals surface area contributed by atoms with Crippen molar-refractivity contribution in [2.24, 2.45) is 10.2 Å². The SMILES string of the molecule is Cc1nsc(N=Nc2c(O)c(C=O)cc3ccccc23)n1. The zero-order valence-corrected chi connectivity index (χ0v) is 11.8. The topological polar surface area (TPSA) is 87.8 Å². The molecule has 0 atom stereocenters. The second kappa shape index (κ2) is 5.37. The number of aromatic hydroxyl groups is 1. The molecular formula is C14H10N4O2S. The number of aldehydes is 1. The van der Waals surface area contributed by atoms with E-state index < -0.39 is 0 Å². The van der Waals surface area contributed by atoms with Crippen LogP contribution in [-0.2, 0) is 0 Å². The van der Waals surface area contributed by atoms with Crippen molar-refractivity contribution in [2.45, 2.75) is 6.92 Å². The summed E-state index contributed by atoms with van der Waals surface area (Å²) in [6.07, 6.45) is 0.593. The molecule has 1 heterocycles. The van der Waals surface area contributed by atoms with Gasteiger partial charge in [-0.15, -0.1) is 10.2 Å². The second-order valence-electron chi connectivity index (χ2n) is 4.33. The molecule has 0 unspecified atom stereocenters. The van der Waals surface area contributed by atoms with Crippen LogP contribution in [0.25, 0.3) is 10.8 Å². The molecule has 7 heteroatoms. The van der Waals surface area contributed by atoms with Gasteiger partial charge in [0.25, 0.3) is 0 Å². The molecule has 1 N–H and O–H groups in total. The van der Waals surface area contributed by atoms with Gasteiger partial charge in [-0.2, -0.15) is 4.37 Å². The molecule has 3 aromatic rings. The van der Waals surface area contributed by atoms with Crippen LogP contribution >= 0.6 is 11.5 Å². The number of fused-ring (bicyclic) bond motifs is 1. The normalized spacial score (nSPS) is 11.3. The predicted molar refractivity (Wildman–Crippen MR) is 79.8 cm³/mol. The van der Waals surface area contributed by atoms with E-state index in [-0.39, 0.29) is 17.0 Å². The third-order valence-electron chi connectivity index (χ3n) is 2.90. The predicted octanol–water partition coefficient (Wildman–Crippen LogP) is 3.93. The third-order valence-corrected chi connectivity index (χ3v) is 3.60. The Kier molecular flexibility index (Phi) is 3.41. The molecule has 3 rings (SSSR count). The Morgan fingerprint density at radius 2 is 2.10 bits per heavy atom. The number of carbonyl (C=O) groups excluding carboxylic acids is 1. The van der Waals surface area contributed by atoms with E-state index in [0.29, 0.717) is 22.6 Å². The Morgan fingerprint density at radius 1 is 1.29 bits per heavy atom. The summed E-state index contributed by atoms with van der Waals surface area (Å²) in [4.78, 5) is 15.1.